The van der Waals surface area contributed by atoms with E-state index in [2.05, 4.69) is 15.7 Å². The summed E-state index contributed by atoms with van der Waals surface area (Å²) in [5.74, 6) is 0.673. The number of nitrogens with one attached hydrogen (secondary N) is 1. The van der Waals surface area contributed by atoms with Crippen LogP contribution in [0.3, 0.4) is 0 Å². The van der Waals surface area contributed by atoms with Gasteiger partial charge >= 0.3 is 0 Å². The summed E-state index contributed by atoms with van der Waals surface area (Å²) in [5.41, 5.74) is 2.08. The lowest BCUT2D eigenvalue weighted by molar-refractivity contribution is -0.0341. The molecule has 2 saturated carbocycles. The van der Waals surface area contributed by atoms with Crippen LogP contribution in [0.5, 0.6) is 0 Å². The van der Waals surface area contributed by atoms with Crippen LogP contribution in [0.4, 0.5) is 5.69 Å². The first-order valence-corrected chi connectivity index (χ1v) is 12.2. The number of likely N-dealkylation sites (tertiary alicyclic amines) is 1. The molecule has 4 rings (SSSR count). The van der Waals surface area contributed by atoms with Crippen molar-refractivity contribution in [2.45, 2.75) is 68.9 Å². The molecule has 1 aromatic rings. The van der Waals surface area contributed by atoms with Crippen LogP contribution in [0, 0.1) is 5.92 Å². The van der Waals surface area contributed by atoms with E-state index in [1.807, 2.05) is 18.2 Å². The standard InChI is InChI=1S/C21H32N2O3S/c1-27(25,26)22-18-8-3-7-17(13-18)21-10-4-9-19(14-21)23(12-11-21)20(15-24)16-5-2-6-16/h3,7-8,13,16,19-20,22,24H,2,4-6,9-12,14-15H2,1H3. The van der Waals surface area contributed by atoms with Gasteiger partial charge in [-0.25, -0.2) is 8.42 Å². The number of sulfonamides is 1. The third-order valence-electron chi connectivity index (χ3n) is 7.22. The largest absolute Gasteiger partial charge is 0.395 e. The molecule has 6 heteroatoms. The number of hydrogen-bond donors (Lipinski definition) is 2. The Labute approximate surface area is 163 Å². The van der Waals surface area contributed by atoms with Gasteiger partial charge in [0.25, 0.3) is 0 Å². The lowest BCUT2D eigenvalue weighted by Crippen LogP contribution is -2.58. The van der Waals surface area contributed by atoms with Crippen LogP contribution in [0.2, 0.25) is 0 Å². The monoisotopic (exact) mass is 392 g/mol. The molecule has 3 fully saturated rings. The first kappa shape index (κ1) is 19.2. The highest BCUT2D eigenvalue weighted by Gasteiger charge is 2.46. The second-order valence-electron chi connectivity index (χ2n) is 8.91. The quantitative estimate of drug-likeness (QED) is 0.780. The zero-order chi connectivity index (χ0) is 19.1. The van der Waals surface area contributed by atoms with Crippen molar-refractivity contribution in [1.29, 1.82) is 0 Å². The predicted molar refractivity (Wildman–Crippen MR) is 108 cm³/mol. The second-order valence-corrected chi connectivity index (χ2v) is 10.7. The number of anilines is 1. The number of fused-ring (bicyclic) bond motifs is 2. The Morgan fingerprint density at radius 1 is 1.26 bits per heavy atom. The van der Waals surface area contributed by atoms with E-state index in [1.165, 1.54) is 50.3 Å². The van der Waals surface area contributed by atoms with E-state index >= 15 is 0 Å². The molecule has 2 N–H and O–H groups in total. The van der Waals surface area contributed by atoms with Gasteiger partial charge in [0.1, 0.15) is 0 Å². The molecule has 150 valence electrons. The van der Waals surface area contributed by atoms with Gasteiger partial charge in [0.2, 0.25) is 10.0 Å². The normalized spacial score (nSPS) is 30.5. The highest BCUT2D eigenvalue weighted by molar-refractivity contribution is 7.92. The molecule has 2 bridgehead atoms. The number of benzene rings is 1. The summed E-state index contributed by atoms with van der Waals surface area (Å²) in [6.45, 7) is 1.32. The van der Waals surface area contributed by atoms with E-state index in [0.29, 0.717) is 23.7 Å². The number of piperidine rings is 1. The van der Waals surface area contributed by atoms with Gasteiger partial charge in [0.15, 0.2) is 0 Å². The Morgan fingerprint density at radius 3 is 2.74 bits per heavy atom. The van der Waals surface area contributed by atoms with Gasteiger partial charge in [-0.1, -0.05) is 25.0 Å². The summed E-state index contributed by atoms with van der Waals surface area (Å²) in [4.78, 5) is 2.61. The molecule has 5 nitrogen and oxygen atoms in total. The van der Waals surface area contributed by atoms with Gasteiger partial charge in [-0.15, -0.1) is 0 Å². The molecule has 3 atom stereocenters. The minimum Gasteiger partial charge on any atom is -0.395 e. The average molecular weight is 393 g/mol. The van der Waals surface area contributed by atoms with Crippen molar-refractivity contribution in [3.63, 3.8) is 0 Å². The van der Waals surface area contributed by atoms with Gasteiger partial charge in [-0.2, -0.15) is 0 Å². The third-order valence-corrected chi connectivity index (χ3v) is 7.83. The molecule has 3 aliphatic rings. The second kappa shape index (κ2) is 7.37. The van der Waals surface area contributed by atoms with Crippen molar-refractivity contribution in [2.75, 3.05) is 24.1 Å². The summed E-state index contributed by atoms with van der Waals surface area (Å²) >= 11 is 0. The van der Waals surface area contributed by atoms with Crippen LogP contribution < -0.4 is 4.72 Å². The highest BCUT2D eigenvalue weighted by atomic mass is 32.2. The topological polar surface area (TPSA) is 69.6 Å². The van der Waals surface area contributed by atoms with Crippen molar-refractivity contribution < 1.29 is 13.5 Å². The molecule has 27 heavy (non-hydrogen) atoms. The summed E-state index contributed by atoms with van der Waals surface area (Å²) in [6, 6.07) is 8.87. The van der Waals surface area contributed by atoms with Gasteiger partial charge in [-0.3, -0.25) is 9.62 Å². The molecular formula is C21H32N2O3S. The molecule has 0 aromatic heterocycles. The summed E-state index contributed by atoms with van der Waals surface area (Å²) in [5, 5.41) is 10.0. The minimum absolute atomic E-state index is 0.147. The molecule has 1 aromatic carbocycles. The fourth-order valence-electron chi connectivity index (χ4n) is 5.69. The van der Waals surface area contributed by atoms with E-state index in [0.717, 1.165) is 19.4 Å². The van der Waals surface area contributed by atoms with Crippen molar-refractivity contribution in [2.24, 2.45) is 5.92 Å². The van der Waals surface area contributed by atoms with E-state index in [-0.39, 0.29) is 12.0 Å². The van der Waals surface area contributed by atoms with Gasteiger partial charge in [-0.05, 0) is 74.1 Å². The molecule has 0 radical (unpaired) electrons. The number of rotatable bonds is 6. The minimum atomic E-state index is -3.26. The average Bonchev–Trinajstić information content (AvgIpc) is 2.58. The maximum Gasteiger partial charge on any atom is 0.229 e. The molecule has 2 aliphatic carbocycles. The van der Waals surface area contributed by atoms with Gasteiger partial charge in [0, 0.05) is 17.8 Å². The number of nitrogens with zero attached hydrogens (tertiary/aromatic N) is 1. The van der Waals surface area contributed by atoms with Crippen molar-refractivity contribution in [1.82, 2.24) is 4.90 Å². The van der Waals surface area contributed by atoms with Crippen LogP contribution in [0.15, 0.2) is 24.3 Å². The Kier molecular flexibility index (Phi) is 5.25. The molecule has 1 saturated heterocycles. The van der Waals surface area contributed by atoms with E-state index in [9.17, 15) is 13.5 Å². The third kappa shape index (κ3) is 3.89. The first-order valence-electron chi connectivity index (χ1n) is 10.4. The van der Waals surface area contributed by atoms with Crippen LogP contribution in [0.1, 0.15) is 56.9 Å². The number of hydrogen-bond acceptors (Lipinski definition) is 4. The maximum absolute atomic E-state index is 11.6. The molecule has 0 spiro atoms. The smallest absolute Gasteiger partial charge is 0.229 e. The lowest BCUT2D eigenvalue weighted by Gasteiger charge is -2.54. The fourth-order valence-corrected chi connectivity index (χ4v) is 6.24. The number of aliphatic hydroxyl groups excluding tert-OH is 1. The summed E-state index contributed by atoms with van der Waals surface area (Å²) in [6.07, 6.45) is 10.8. The van der Waals surface area contributed by atoms with Gasteiger partial charge < -0.3 is 5.11 Å². The van der Waals surface area contributed by atoms with Crippen molar-refractivity contribution >= 4 is 15.7 Å². The van der Waals surface area contributed by atoms with E-state index in [1.54, 1.807) is 0 Å². The molecule has 1 aliphatic heterocycles. The lowest BCUT2D eigenvalue weighted by atomic mass is 9.62. The first-order chi connectivity index (χ1) is 12.9. The predicted octanol–water partition coefficient (Wildman–Crippen LogP) is 3.11. The van der Waals surface area contributed by atoms with Crippen LogP contribution >= 0.6 is 0 Å². The zero-order valence-corrected chi connectivity index (χ0v) is 17.0. The molecular weight excluding hydrogens is 360 g/mol. The Bertz CT molecular complexity index is 777. The molecule has 3 unspecified atom stereocenters. The summed E-state index contributed by atoms with van der Waals surface area (Å²) in [7, 11) is -3.26. The highest BCUT2D eigenvalue weighted by Crippen LogP contribution is 2.49. The van der Waals surface area contributed by atoms with Crippen LogP contribution in [-0.2, 0) is 15.4 Å². The molecule has 1 heterocycles. The Balaban J connectivity index is 1.55. The van der Waals surface area contributed by atoms with Crippen LogP contribution in [0.25, 0.3) is 0 Å². The fraction of sp³-hybridized carbons (Fsp3) is 0.714. The van der Waals surface area contributed by atoms with Crippen LogP contribution in [-0.4, -0.2) is 49.9 Å². The maximum atomic E-state index is 11.6. The van der Waals surface area contributed by atoms with E-state index in [4.69, 9.17) is 0 Å². The van der Waals surface area contributed by atoms with Crippen molar-refractivity contribution in [3.05, 3.63) is 29.8 Å². The van der Waals surface area contributed by atoms with Crippen molar-refractivity contribution in [3.8, 4) is 0 Å². The number of aliphatic hydroxyl groups is 1. The van der Waals surface area contributed by atoms with Gasteiger partial charge in [0.05, 0.1) is 12.9 Å². The zero-order valence-electron chi connectivity index (χ0n) is 16.2. The summed E-state index contributed by atoms with van der Waals surface area (Å²) < 4.78 is 25.8. The SMILES string of the molecule is CS(=O)(=O)Nc1cccc(C23CCCC(C2)N(C(CO)C2CCC2)CC3)c1. The Hall–Kier alpha value is -1.11. The molecule has 0 amide bonds. The Morgan fingerprint density at radius 2 is 2.07 bits per heavy atom. The van der Waals surface area contributed by atoms with E-state index < -0.39 is 10.0 Å².